The molecule has 0 bridgehead atoms. The van der Waals surface area contributed by atoms with E-state index >= 15 is 0 Å². The number of aliphatic hydroxyl groups excluding tert-OH is 2. The Morgan fingerprint density at radius 3 is 1.04 bits per heavy atom. The van der Waals surface area contributed by atoms with Gasteiger partial charge in [-0.05, 0) is 83.5 Å². The van der Waals surface area contributed by atoms with Crippen LogP contribution in [0.4, 0.5) is 0 Å². The van der Waals surface area contributed by atoms with Crippen molar-refractivity contribution in [3.05, 3.63) is 36.5 Å². The molecule has 3 N–H and O–H groups in total. The number of hydrogen-bond donors (Lipinski definition) is 3. The van der Waals surface area contributed by atoms with E-state index in [0.717, 1.165) is 51.4 Å². The molecule has 0 saturated heterocycles. The Hall–Kier alpha value is -1.92. The molecule has 68 heavy (non-hydrogen) atoms. The van der Waals surface area contributed by atoms with E-state index in [1.54, 1.807) is 6.08 Å². The van der Waals surface area contributed by atoms with Gasteiger partial charge in [-0.15, -0.1) is 0 Å². The predicted octanol–water partition coefficient (Wildman–Crippen LogP) is 18.8. The van der Waals surface area contributed by atoms with Crippen molar-refractivity contribution in [1.82, 2.24) is 5.32 Å². The minimum Gasteiger partial charge on any atom is -0.466 e. The van der Waals surface area contributed by atoms with Gasteiger partial charge in [0.15, 0.2) is 0 Å². The van der Waals surface area contributed by atoms with E-state index in [0.29, 0.717) is 19.4 Å². The zero-order chi connectivity index (χ0) is 49.3. The zero-order valence-corrected chi connectivity index (χ0v) is 45.6. The van der Waals surface area contributed by atoms with Crippen LogP contribution in [0.5, 0.6) is 0 Å². The normalized spacial score (nSPS) is 12.8. The maximum Gasteiger partial charge on any atom is 0.305 e. The molecule has 0 fully saturated rings. The zero-order valence-electron chi connectivity index (χ0n) is 45.6. The first-order valence-corrected chi connectivity index (χ1v) is 30.3. The minimum atomic E-state index is -0.849. The second-order valence-corrected chi connectivity index (χ2v) is 20.7. The first-order valence-electron chi connectivity index (χ1n) is 30.3. The van der Waals surface area contributed by atoms with Gasteiger partial charge < -0.3 is 20.3 Å². The van der Waals surface area contributed by atoms with Crippen LogP contribution < -0.4 is 5.32 Å². The lowest BCUT2D eigenvalue weighted by Gasteiger charge is -2.20. The van der Waals surface area contributed by atoms with Crippen molar-refractivity contribution in [2.75, 3.05) is 13.2 Å². The smallest absolute Gasteiger partial charge is 0.305 e. The average molecular weight is 957 g/mol. The molecule has 0 radical (unpaired) electrons. The van der Waals surface area contributed by atoms with Crippen molar-refractivity contribution in [2.24, 2.45) is 0 Å². The molecule has 0 aliphatic carbocycles. The highest BCUT2D eigenvalue weighted by Crippen LogP contribution is 2.16. The molecule has 6 nitrogen and oxygen atoms in total. The number of amides is 1. The summed E-state index contributed by atoms with van der Waals surface area (Å²) in [7, 11) is 0. The van der Waals surface area contributed by atoms with E-state index in [2.05, 4.69) is 43.5 Å². The highest BCUT2D eigenvalue weighted by molar-refractivity contribution is 5.76. The third kappa shape index (κ3) is 53.4. The molecule has 6 heteroatoms. The number of nitrogens with one attached hydrogen (secondary N) is 1. The number of esters is 1. The fraction of sp³-hybridized carbons (Fsp3) is 0.871. The number of carbonyl (C=O) groups excluding carboxylic acids is 2. The maximum atomic E-state index is 12.5. The van der Waals surface area contributed by atoms with Crippen molar-refractivity contribution in [3.63, 3.8) is 0 Å². The Kier molecular flexibility index (Phi) is 56.0. The van der Waals surface area contributed by atoms with Gasteiger partial charge in [0.2, 0.25) is 5.91 Å². The van der Waals surface area contributed by atoms with Crippen LogP contribution in [0.25, 0.3) is 0 Å². The Bertz CT molecular complexity index is 1100. The molecular formula is C62H117NO5. The molecule has 2 atom stereocenters. The minimum absolute atomic E-state index is 0.000704. The summed E-state index contributed by atoms with van der Waals surface area (Å²) in [5.74, 6) is -0.0736. The number of hydrogen-bond acceptors (Lipinski definition) is 5. The summed E-state index contributed by atoms with van der Waals surface area (Å²) >= 11 is 0. The van der Waals surface area contributed by atoms with Crippen molar-refractivity contribution in [2.45, 2.75) is 334 Å². The van der Waals surface area contributed by atoms with Gasteiger partial charge in [0.1, 0.15) is 0 Å². The molecule has 0 aromatic rings. The van der Waals surface area contributed by atoms with Crippen LogP contribution in [0.2, 0.25) is 0 Å². The van der Waals surface area contributed by atoms with Crippen LogP contribution in [0, 0.1) is 0 Å². The molecule has 0 saturated carbocycles. The van der Waals surface area contributed by atoms with Crippen LogP contribution in [0.15, 0.2) is 36.5 Å². The number of allylic oxidation sites excluding steroid dienone is 5. The van der Waals surface area contributed by atoms with Crippen molar-refractivity contribution in [1.29, 1.82) is 0 Å². The fourth-order valence-corrected chi connectivity index (χ4v) is 9.21. The van der Waals surface area contributed by atoms with E-state index in [1.165, 1.54) is 244 Å². The summed E-state index contributed by atoms with van der Waals surface area (Å²) in [5.41, 5.74) is 0. The molecule has 400 valence electrons. The van der Waals surface area contributed by atoms with Crippen molar-refractivity contribution < 1.29 is 24.5 Å². The summed E-state index contributed by atoms with van der Waals surface area (Å²) in [6, 6.07) is -0.633. The molecule has 0 heterocycles. The van der Waals surface area contributed by atoms with Gasteiger partial charge in [0.05, 0.1) is 25.4 Å². The topological polar surface area (TPSA) is 95.9 Å². The molecule has 0 rings (SSSR count). The Morgan fingerprint density at radius 1 is 0.397 bits per heavy atom. The lowest BCUT2D eigenvalue weighted by molar-refractivity contribution is -0.143. The second-order valence-electron chi connectivity index (χ2n) is 20.7. The number of aliphatic hydroxyl groups is 2. The first kappa shape index (κ1) is 66.1. The largest absolute Gasteiger partial charge is 0.466 e. The van der Waals surface area contributed by atoms with E-state index < -0.39 is 12.1 Å². The van der Waals surface area contributed by atoms with Crippen LogP contribution in [-0.2, 0) is 14.3 Å². The lowest BCUT2D eigenvalue weighted by atomic mass is 10.0. The van der Waals surface area contributed by atoms with Gasteiger partial charge in [-0.25, -0.2) is 0 Å². The Balaban J connectivity index is 3.44. The van der Waals surface area contributed by atoms with Gasteiger partial charge in [-0.3, -0.25) is 9.59 Å². The van der Waals surface area contributed by atoms with Gasteiger partial charge >= 0.3 is 5.97 Å². The lowest BCUT2D eigenvalue weighted by Crippen LogP contribution is -2.45. The molecular weight excluding hydrogens is 839 g/mol. The van der Waals surface area contributed by atoms with E-state index in [4.69, 9.17) is 4.74 Å². The van der Waals surface area contributed by atoms with Crippen LogP contribution in [0.1, 0.15) is 322 Å². The van der Waals surface area contributed by atoms with E-state index in [1.807, 2.05) is 6.08 Å². The monoisotopic (exact) mass is 956 g/mol. The van der Waals surface area contributed by atoms with Crippen molar-refractivity contribution >= 4 is 11.9 Å². The predicted molar refractivity (Wildman–Crippen MR) is 296 cm³/mol. The van der Waals surface area contributed by atoms with Gasteiger partial charge in [0, 0.05) is 12.8 Å². The van der Waals surface area contributed by atoms with Crippen LogP contribution in [-0.4, -0.2) is 47.4 Å². The standard InChI is InChI=1S/C62H117NO5/c1-3-5-7-9-11-13-15-17-27-30-34-38-42-46-50-54-60(65)59(58-64)63-61(66)55-51-47-43-39-35-31-28-25-23-21-19-20-22-24-26-29-33-37-41-45-49-53-57-68-62(67)56-52-48-44-40-36-32-18-16-14-12-10-8-6-4-2/h16,18,21,23,50,54,59-60,64-65H,3-15,17,19-20,22,24-49,51-53,55-58H2,1-2H3,(H,63,66)/b18-16-,23-21-,54-50+. The maximum absolute atomic E-state index is 12.5. The summed E-state index contributed by atoms with van der Waals surface area (Å²) in [6.45, 7) is 4.89. The van der Waals surface area contributed by atoms with Crippen molar-refractivity contribution in [3.8, 4) is 0 Å². The highest BCUT2D eigenvalue weighted by Gasteiger charge is 2.18. The average Bonchev–Trinajstić information content (AvgIpc) is 3.34. The number of ether oxygens (including phenoxy) is 1. The molecule has 0 aromatic heterocycles. The number of unbranched alkanes of at least 4 members (excludes halogenated alkanes) is 41. The molecule has 0 aliphatic rings. The number of rotatable bonds is 56. The second kappa shape index (κ2) is 57.7. The molecule has 2 unspecified atom stereocenters. The molecule has 0 aliphatic heterocycles. The SMILES string of the molecule is CCCCCCC/C=C\CCCCCCCC(=O)OCCCCCCCCCCCCC/C=C\CCCCCCCCCC(=O)NC(CO)C(O)/C=C/CCCCCCCCCCCCCCC. The quantitative estimate of drug-likeness (QED) is 0.0321. The summed E-state index contributed by atoms with van der Waals surface area (Å²) < 4.78 is 5.47. The first-order chi connectivity index (χ1) is 33.5. The summed E-state index contributed by atoms with van der Waals surface area (Å²) in [5, 5.41) is 23.1. The van der Waals surface area contributed by atoms with Crippen LogP contribution >= 0.6 is 0 Å². The molecule has 0 spiro atoms. The Labute approximate surface area is 424 Å². The van der Waals surface area contributed by atoms with E-state index in [-0.39, 0.29) is 18.5 Å². The number of carbonyl (C=O) groups is 2. The van der Waals surface area contributed by atoms with Crippen LogP contribution in [0.3, 0.4) is 0 Å². The summed E-state index contributed by atoms with van der Waals surface area (Å²) in [4.78, 5) is 24.5. The van der Waals surface area contributed by atoms with Gasteiger partial charge in [-0.1, -0.05) is 262 Å². The third-order valence-corrected chi connectivity index (χ3v) is 13.9. The van der Waals surface area contributed by atoms with E-state index in [9.17, 15) is 19.8 Å². The Morgan fingerprint density at radius 2 is 0.691 bits per heavy atom. The molecule has 0 aromatic carbocycles. The molecule has 1 amide bonds. The third-order valence-electron chi connectivity index (χ3n) is 13.9. The highest BCUT2D eigenvalue weighted by atomic mass is 16.5. The van der Waals surface area contributed by atoms with Gasteiger partial charge in [0.25, 0.3) is 0 Å². The summed E-state index contributed by atoms with van der Waals surface area (Å²) in [6.07, 6.45) is 71.7. The fourth-order valence-electron chi connectivity index (χ4n) is 9.21. The van der Waals surface area contributed by atoms with Gasteiger partial charge in [-0.2, -0.15) is 0 Å².